The Kier molecular flexibility index (Phi) is 4.41. The Morgan fingerprint density at radius 2 is 2.22 bits per heavy atom. The van der Waals surface area contributed by atoms with Crippen molar-refractivity contribution < 1.29 is 14.2 Å². The van der Waals surface area contributed by atoms with Crippen LogP contribution in [0.3, 0.4) is 0 Å². The minimum absolute atomic E-state index is 0.0355. The van der Waals surface area contributed by atoms with Crippen LogP contribution in [0.5, 0.6) is 11.5 Å². The number of hydrogen-bond acceptors (Lipinski definition) is 5. The molecule has 1 aromatic rings. The van der Waals surface area contributed by atoms with Gasteiger partial charge >= 0.3 is 0 Å². The van der Waals surface area contributed by atoms with E-state index in [0.717, 1.165) is 36.7 Å². The topological polar surface area (TPSA) is 65.7 Å². The second kappa shape index (κ2) is 6.04. The van der Waals surface area contributed by atoms with Crippen molar-refractivity contribution in [3.63, 3.8) is 0 Å². The zero-order valence-electron chi connectivity index (χ0n) is 10.8. The maximum absolute atomic E-state index is 5.69. The molecule has 0 aliphatic carbocycles. The van der Waals surface area contributed by atoms with E-state index in [1.54, 1.807) is 14.2 Å². The van der Waals surface area contributed by atoms with Gasteiger partial charge in [-0.1, -0.05) is 6.07 Å². The summed E-state index contributed by atoms with van der Waals surface area (Å²) in [6, 6.07) is 5.81. The van der Waals surface area contributed by atoms with Gasteiger partial charge in [-0.3, -0.25) is 11.3 Å². The molecule has 2 unspecified atom stereocenters. The maximum Gasteiger partial charge on any atom is 0.127 e. The third kappa shape index (κ3) is 2.58. The van der Waals surface area contributed by atoms with Gasteiger partial charge in [0.1, 0.15) is 11.5 Å². The molecule has 0 radical (unpaired) electrons. The molecule has 0 aromatic heterocycles. The molecule has 0 bridgehead atoms. The maximum atomic E-state index is 5.69. The van der Waals surface area contributed by atoms with Crippen molar-refractivity contribution in [2.45, 2.75) is 12.5 Å². The Balaban J connectivity index is 2.28. The molecule has 2 rings (SSSR count). The van der Waals surface area contributed by atoms with Crippen molar-refractivity contribution >= 4 is 0 Å². The molecule has 1 saturated heterocycles. The summed E-state index contributed by atoms with van der Waals surface area (Å²) in [5, 5.41) is 0. The molecule has 5 heteroatoms. The molecule has 1 fully saturated rings. The van der Waals surface area contributed by atoms with Crippen molar-refractivity contribution in [1.82, 2.24) is 5.43 Å². The van der Waals surface area contributed by atoms with Crippen LogP contribution in [-0.4, -0.2) is 27.4 Å². The van der Waals surface area contributed by atoms with E-state index in [2.05, 4.69) is 5.43 Å². The lowest BCUT2D eigenvalue weighted by molar-refractivity contribution is 0.176. The quantitative estimate of drug-likeness (QED) is 0.610. The zero-order valence-corrected chi connectivity index (χ0v) is 10.8. The van der Waals surface area contributed by atoms with Crippen LogP contribution in [-0.2, 0) is 4.74 Å². The molecule has 100 valence electrons. The van der Waals surface area contributed by atoms with Gasteiger partial charge in [0.15, 0.2) is 0 Å². The lowest BCUT2D eigenvalue weighted by Crippen LogP contribution is -2.34. The second-order valence-corrected chi connectivity index (χ2v) is 4.38. The smallest absolute Gasteiger partial charge is 0.127 e. The van der Waals surface area contributed by atoms with Crippen LogP contribution in [0.15, 0.2) is 18.2 Å². The minimum atomic E-state index is 0.0355. The number of hydrogen-bond donors (Lipinski definition) is 2. The summed E-state index contributed by atoms with van der Waals surface area (Å²) >= 11 is 0. The molecule has 1 aliphatic heterocycles. The van der Waals surface area contributed by atoms with E-state index in [-0.39, 0.29) is 6.04 Å². The van der Waals surface area contributed by atoms with Gasteiger partial charge in [0.05, 0.1) is 26.9 Å². The van der Waals surface area contributed by atoms with E-state index in [1.165, 1.54) is 0 Å². The zero-order chi connectivity index (χ0) is 13.0. The van der Waals surface area contributed by atoms with Crippen LogP contribution >= 0.6 is 0 Å². The Hall–Kier alpha value is -1.30. The second-order valence-electron chi connectivity index (χ2n) is 4.38. The molecule has 2 atom stereocenters. The number of nitrogens with one attached hydrogen (secondary N) is 1. The number of ether oxygens (including phenoxy) is 3. The lowest BCUT2D eigenvalue weighted by atomic mass is 9.92. The molecule has 1 aromatic carbocycles. The van der Waals surface area contributed by atoms with Crippen molar-refractivity contribution in [2.24, 2.45) is 11.8 Å². The van der Waals surface area contributed by atoms with Gasteiger partial charge in [0, 0.05) is 24.2 Å². The molecular formula is C13H20N2O3. The molecule has 1 heterocycles. The number of hydrazine groups is 1. The summed E-state index contributed by atoms with van der Waals surface area (Å²) in [6.45, 7) is 1.52. The average molecular weight is 252 g/mol. The normalized spacial score (nSPS) is 20.7. The van der Waals surface area contributed by atoms with E-state index in [0.29, 0.717) is 5.92 Å². The van der Waals surface area contributed by atoms with Crippen LogP contribution in [0.4, 0.5) is 0 Å². The molecule has 1 aliphatic rings. The fourth-order valence-corrected chi connectivity index (χ4v) is 2.37. The highest BCUT2D eigenvalue weighted by Crippen LogP contribution is 2.35. The number of rotatable bonds is 5. The van der Waals surface area contributed by atoms with Crippen LogP contribution < -0.4 is 20.7 Å². The van der Waals surface area contributed by atoms with Gasteiger partial charge in [0.2, 0.25) is 0 Å². The molecule has 18 heavy (non-hydrogen) atoms. The van der Waals surface area contributed by atoms with Gasteiger partial charge in [-0.25, -0.2) is 0 Å². The first-order chi connectivity index (χ1) is 8.80. The summed E-state index contributed by atoms with van der Waals surface area (Å²) < 4.78 is 16.0. The van der Waals surface area contributed by atoms with Crippen molar-refractivity contribution in [2.75, 3.05) is 27.4 Å². The predicted molar refractivity (Wildman–Crippen MR) is 68.5 cm³/mol. The Labute approximate surface area is 107 Å². The lowest BCUT2D eigenvalue weighted by Gasteiger charge is -2.24. The highest BCUT2D eigenvalue weighted by atomic mass is 16.5. The number of nitrogens with two attached hydrogens (primary N) is 1. The first-order valence-electron chi connectivity index (χ1n) is 6.06. The first kappa shape index (κ1) is 13.1. The van der Waals surface area contributed by atoms with Gasteiger partial charge in [0.25, 0.3) is 0 Å². The molecule has 0 amide bonds. The Morgan fingerprint density at radius 3 is 2.78 bits per heavy atom. The standard InChI is InChI=1S/C13H20N2O3/c1-16-10-3-4-11(12(7-10)17-2)13(15-14)9-5-6-18-8-9/h3-4,7,9,13,15H,5-6,8,14H2,1-2H3. The monoisotopic (exact) mass is 252 g/mol. The Bertz CT molecular complexity index is 392. The van der Waals surface area contributed by atoms with E-state index >= 15 is 0 Å². The molecule has 0 saturated carbocycles. The fraction of sp³-hybridized carbons (Fsp3) is 0.538. The molecule has 3 N–H and O–H groups in total. The summed E-state index contributed by atoms with van der Waals surface area (Å²) in [7, 11) is 3.29. The number of methoxy groups -OCH3 is 2. The summed E-state index contributed by atoms with van der Waals surface area (Å²) in [5.41, 5.74) is 3.91. The van der Waals surface area contributed by atoms with Gasteiger partial charge in [-0.15, -0.1) is 0 Å². The highest BCUT2D eigenvalue weighted by molar-refractivity contribution is 5.42. The SMILES string of the molecule is COc1ccc(C(NN)C2CCOC2)c(OC)c1. The van der Waals surface area contributed by atoms with Crippen LogP contribution in [0.2, 0.25) is 0 Å². The van der Waals surface area contributed by atoms with Gasteiger partial charge in [-0.05, 0) is 12.5 Å². The van der Waals surface area contributed by atoms with E-state index < -0.39 is 0 Å². The average Bonchev–Trinajstić information content (AvgIpc) is 2.94. The predicted octanol–water partition coefficient (Wildman–Crippen LogP) is 1.24. The van der Waals surface area contributed by atoms with Crippen molar-refractivity contribution in [1.29, 1.82) is 0 Å². The van der Waals surface area contributed by atoms with Gasteiger partial charge < -0.3 is 14.2 Å². The summed E-state index contributed by atoms with van der Waals surface area (Å²) in [4.78, 5) is 0. The van der Waals surface area contributed by atoms with Crippen molar-refractivity contribution in [3.05, 3.63) is 23.8 Å². The van der Waals surface area contributed by atoms with Crippen LogP contribution in [0.25, 0.3) is 0 Å². The van der Waals surface area contributed by atoms with Crippen molar-refractivity contribution in [3.8, 4) is 11.5 Å². The summed E-state index contributed by atoms with van der Waals surface area (Å²) in [5.74, 6) is 7.61. The third-order valence-electron chi connectivity index (χ3n) is 3.39. The summed E-state index contributed by atoms with van der Waals surface area (Å²) in [6.07, 6.45) is 1.00. The Morgan fingerprint density at radius 1 is 1.39 bits per heavy atom. The first-order valence-corrected chi connectivity index (χ1v) is 6.06. The largest absolute Gasteiger partial charge is 0.497 e. The highest BCUT2D eigenvalue weighted by Gasteiger charge is 2.28. The molecule has 0 spiro atoms. The van der Waals surface area contributed by atoms with Gasteiger partial charge in [-0.2, -0.15) is 0 Å². The number of benzene rings is 1. The van der Waals surface area contributed by atoms with Crippen LogP contribution in [0, 0.1) is 5.92 Å². The fourth-order valence-electron chi connectivity index (χ4n) is 2.37. The van der Waals surface area contributed by atoms with E-state index in [9.17, 15) is 0 Å². The minimum Gasteiger partial charge on any atom is -0.497 e. The third-order valence-corrected chi connectivity index (χ3v) is 3.39. The van der Waals surface area contributed by atoms with E-state index in [1.807, 2.05) is 18.2 Å². The van der Waals surface area contributed by atoms with Crippen LogP contribution in [0.1, 0.15) is 18.0 Å². The van der Waals surface area contributed by atoms with E-state index in [4.69, 9.17) is 20.1 Å². The molecular weight excluding hydrogens is 232 g/mol. The molecule has 5 nitrogen and oxygen atoms in total.